The first-order chi connectivity index (χ1) is 15.1. The molecule has 1 aromatic carbocycles. The van der Waals surface area contributed by atoms with Crippen LogP contribution in [0.1, 0.15) is 32.6 Å². The molecule has 2 amide bonds. The van der Waals surface area contributed by atoms with E-state index in [1.54, 1.807) is 24.3 Å². The highest BCUT2D eigenvalue weighted by Crippen LogP contribution is 2.20. The van der Waals surface area contributed by atoms with Crippen molar-refractivity contribution in [3.8, 4) is 17.0 Å². The van der Waals surface area contributed by atoms with Gasteiger partial charge in [-0.05, 0) is 30.7 Å². The molecule has 0 saturated heterocycles. The normalized spacial score (nSPS) is 11.5. The van der Waals surface area contributed by atoms with Crippen LogP contribution in [-0.4, -0.2) is 62.6 Å². The molecule has 1 aromatic heterocycles. The summed E-state index contributed by atoms with van der Waals surface area (Å²) in [5.41, 5.74) is 6.44. The molecule has 1 atom stereocenters. The summed E-state index contributed by atoms with van der Waals surface area (Å²) in [5, 5.41) is 26.5. The quantitative estimate of drug-likeness (QED) is 0.150. The van der Waals surface area contributed by atoms with Crippen molar-refractivity contribution in [2.45, 2.75) is 32.6 Å². The molecule has 11 nitrogen and oxygen atoms in total. The first-order valence-electron chi connectivity index (χ1n) is 10.1. The van der Waals surface area contributed by atoms with Gasteiger partial charge in [-0.3, -0.25) is 25.6 Å². The van der Waals surface area contributed by atoms with Crippen molar-refractivity contribution in [3.63, 3.8) is 0 Å². The monoisotopic (exact) mass is 432 g/mol. The van der Waals surface area contributed by atoms with Crippen molar-refractivity contribution in [3.05, 3.63) is 30.5 Å². The van der Waals surface area contributed by atoms with Gasteiger partial charge in [-0.1, -0.05) is 26.2 Å². The number of amides is 2. The van der Waals surface area contributed by atoms with Crippen LogP contribution in [0.3, 0.4) is 0 Å². The molecule has 0 radical (unpaired) electrons. The molecule has 0 bridgehead atoms. The lowest BCUT2D eigenvalue weighted by Gasteiger charge is -2.19. The lowest BCUT2D eigenvalue weighted by molar-refractivity contribution is -0.154. The second-order valence-electron chi connectivity index (χ2n) is 6.80. The SMILES string of the molecule is CCCCC[C@H](CN(O)C=O)C(=O)NNc1nncc(-c2ccc(OCCO)cc2)n1. The van der Waals surface area contributed by atoms with Crippen molar-refractivity contribution in [1.82, 2.24) is 25.7 Å². The fraction of sp³-hybridized carbons (Fsp3) is 0.450. The van der Waals surface area contributed by atoms with Gasteiger partial charge in [0, 0.05) is 5.56 Å². The van der Waals surface area contributed by atoms with Crippen LogP contribution < -0.4 is 15.6 Å². The molecule has 31 heavy (non-hydrogen) atoms. The van der Waals surface area contributed by atoms with Gasteiger partial charge in [0.25, 0.3) is 5.95 Å². The van der Waals surface area contributed by atoms with Crippen molar-refractivity contribution >= 4 is 18.3 Å². The van der Waals surface area contributed by atoms with E-state index in [0.717, 1.165) is 24.8 Å². The minimum atomic E-state index is -0.586. The zero-order valence-corrected chi connectivity index (χ0v) is 17.4. The Balaban J connectivity index is 1.98. The van der Waals surface area contributed by atoms with Crippen LogP contribution >= 0.6 is 0 Å². The van der Waals surface area contributed by atoms with Gasteiger partial charge in [0.1, 0.15) is 12.4 Å². The highest BCUT2D eigenvalue weighted by atomic mass is 16.5. The smallest absolute Gasteiger partial charge is 0.262 e. The number of aromatic nitrogens is 3. The molecular formula is C20H28N6O5. The molecule has 0 fully saturated rings. The number of nitrogens with zero attached hydrogens (tertiary/aromatic N) is 4. The Bertz CT molecular complexity index is 820. The number of carbonyl (C=O) groups excluding carboxylic acids is 2. The van der Waals surface area contributed by atoms with Gasteiger partial charge >= 0.3 is 0 Å². The Morgan fingerprint density at radius 2 is 2.06 bits per heavy atom. The van der Waals surface area contributed by atoms with Crippen LogP contribution in [0.5, 0.6) is 5.75 Å². The fourth-order valence-corrected chi connectivity index (χ4v) is 2.82. The summed E-state index contributed by atoms with van der Waals surface area (Å²) in [6, 6.07) is 7.07. The maximum Gasteiger partial charge on any atom is 0.262 e. The Kier molecular flexibility index (Phi) is 10.1. The molecule has 2 aromatic rings. The van der Waals surface area contributed by atoms with Crippen LogP contribution in [-0.2, 0) is 9.59 Å². The predicted octanol–water partition coefficient (Wildman–Crippen LogP) is 1.40. The third-order valence-electron chi connectivity index (χ3n) is 4.42. The number of rotatable bonds is 14. The second kappa shape index (κ2) is 13.1. The zero-order valence-electron chi connectivity index (χ0n) is 17.4. The first-order valence-corrected chi connectivity index (χ1v) is 10.1. The highest BCUT2D eigenvalue weighted by molar-refractivity contribution is 5.80. The fourth-order valence-electron chi connectivity index (χ4n) is 2.82. The Morgan fingerprint density at radius 3 is 2.74 bits per heavy atom. The van der Waals surface area contributed by atoms with E-state index in [1.807, 2.05) is 6.92 Å². The Hall–Kier alpha value is -3.31. The van der Waals surface area contributed by atoms with Gasteiger partial charge in [0.15, 0.2) is 0 Å². The van der Waals surface area contributed by atoms with Gasteiger partial charge in [-0.25, -0.2) is 10.0 Å². The number of carbonyl (C=O) groups is 2. The standard InChI is InChI=1S/C20H28N6O5/c1-2-3-4-5-16(13-26(30)14-28)19(29)23-25-20-22-18(12-21-24-20)15-6-8-17(9-7-15)31-11-10-27/h6-9,12,14,16,27,30H,2-5,10-11,13H2,1H3,(H,23,29)(H,22,24,25)/t16-/m1/s1. The van der Waals surface area contributed by atoms with Crippen LogP contribution in [0.4, 0.5) is 5.95 Å². The number of hydrogen-bond acceptors (Lipinski definition) is 9. The average molecular weight is 432 g/mol. The van der Waals surface area contributed by atoms with E-state index >= 15 is 0 Å². The van der Waals surface area contributed by atoms with E-state index < -0.39 is 11.8 Å². The second-order valence-corrected chi connectivity index (χ2v) is 6.80. The van der Waals surface area contributed by atoms with E-state index in [4.69, 9.17) is 9.84 Å². The molecule has 0 aliphatic carbocycles. The van der Waals surface area contributed by atoms with Crippen molar-refractivity contribution in [1.29, 1.82) is 0 Å². The van der Waals surface area contributed by atoms with Gasteiger partial charge in [-0.2, -0.15) is 5.10 Å². The average Bonchev–Trinajstić information content (AvgIpc) is 2.81. The predicted molar refractivity (Wildman–Crippen MR) is 112 cm³/mol. The van der Waals surface area contributed by atoms with Crippen molar-refractivity contribution < 1.29 is 24.6 Å². The number of nitrogens with one attached hydrogen (secondary N) is 2. The molecule has 0 unspecified atom stereocenters. The molecular weight excluding hydrogens is 404 g/mol. The minimum absolute atomic E-state index is 0.0662. The molecule has 4 N–H and O–H groups in total. The summed E-state index contributed by atoms with van der Waals surface area (Å²) in [5.74, 6) is -0.268. The summed E-state index contributed by atoms with van der Waals surface area (Å²) in [7, 11) is 0. The van der Waals surface area contributed by atoms with Crippen LogP contribution in [0, 0.1) is 5.92 Å². The third kappa shape index (κ3) is 8.15. The van der Waals surface area contributed by atoms with E-state index in [2.05, 4.69) is 26.0 Å². The minimum Gasteiger partial charge on any atom is -0.491 e. The molecule has 168 valence electrons. The van der Waals surface area contributed by atoms with Gasteiger partial charge < -0.3 is 9.84 Å². The largest absolute Gasteiger partial charge is 0.491 e. The Morgan fingerprint density at radius 1 is 1.29 bits per heavy atom. The van der Waals surface area contributed by atoms with E-state index in [9.17, 15) is 14.8 Å². The number of unbranched alkanes of at least 4 members (excludes halogenated alkanes) is 2. The molecule has 0 aliphatic rings. The zero-order chi connectivity index (χ0) is 22.5. The first kappa shape index (κ1) is 24.0. The van der Waals surface area contributed by atoms with Crippen LogP contribution in [0.2, 0.25) is 0 Å². The van der Waals surface area contributed by atoms with Gasteiger partial charge in [0.2, 0.25) is 12.3 Å². The number of anilines is 1. The summed E-state index contributed by atoms with van der Waals surface area (Å²) in [6.07, 6.45) is 5.01. The van der Waals surface area contributed by atoms with E-state index in [1.165, 1.54) is 6.20 Å². The maximum absolute atomic E-state index is 12.5. The number of hydrogen-bond donors (Lipinski definition) is 4. The molecule has 0 aliphatic heterocycles. The molecule has 0 spiro atoms. The van der Waals surface area contributed by atoms with Gasteiger partial charge in [0.05, 0.1) is 31.0 Å². The van der Waals surface area contributed by atoms with E-state index in [0.29, 0.717) is 22.9 Å². The number of aliphatic hydroxyl groups excluding tert-OH is 1. The van der Waals surface area contributed by atoms with Crippen molar-refractivity contribution in [2.24, 2.45) is 5.92 Å². The summed E-state index contributed by atoms with van der Waals surface area (Å²) >= 11 is 0. The number of hydroxylamine groups is 2. The third-order valence-corrected chi connectivity index (χ3v) is 4.42. The summed E-state index contributed by atoms with van der Waals surface area (Å²) < 4.78 is 5.33. The lowest BCUT2D eigenvalue weighted by atomic mass is 10.0. The highest BCUT2D eigenvalue weighted by Gasteiger charge is 2.21. The van der Waals surface area contributed by atoms with E-state index in [-0.39, 0.29) is 32.1 Å². The van der Waals surface area contributed by atoms with Crippen LogP contribution in [0.15, 0.2) is 30.5 Å². The topological polar surface area (TPSA) is 150 Å². The maximum atomic E-state index is 12.5. The number of benzene rings is 1. The van der Waals surface area contributed by atoms with Gasteiger partial charge in [-0.15, -0.1) is 5.10 Å². The molecule has 2 rings (SSSR count). The summed E-state index contributed by atoms with van der Waals surface area (Å²) in [6.45, 7) is 2.09. The number of ether oxygens (including phenoxy) is 1. The molecule has 1 heterocycles. The van der Waals surface area contributed by atoms with Crippen LogP contribution in [0.25, 0.3) is 11.3 Å². The molecule has 0 saturated carbocycles. The molecule has 11 heteroatoms. The number of hydrazine groups is 1. The lowest BCUT2D eigenvalue weighted by Crippen LogP contribution is -2.40. The van der Waals surface area contributed by atoms with Crippen molar-refractivity contribution in [2.75, 3.05) is 25.2 Å². The Labute approximate surface area is 180 Å². The summed E-state index contributed by atoms with van der Waals surface area (Å²) in [4.78, 5) is 27.5. The number of aliphatic hydroxyl groups is 1.